The van der Waals surface area contributed by atoms with Crippen molar-refractivity contribution in [3.8, 4) is 0 Å². The number of piperidine rings is 1. The highest BCUT2D eigenvalue weighted by Gasteiger charge is 2.30. The molecule has 156 valence electrons. The molecule has 7 heteroatoms. The van der Waals surface area contributed by atoms with Crippen LogP contribution in [-0.4, -0.2) is 62.8 Å². The van der Waals surface area contributed by atoms with E-state index in [1.807, 2.05) is 11.0 Å². The minimum absolute atomic E-state index is 0.100. The molecular formula is C21H33N3O3S. The number of nitrogens with zero attached hydrogens (tertiary/aromatic N) is 3. The van der Waals surface area contributed by atoms with Crippen LogP contribution >= 0.6 is 0 Å². The predicted molar refractivity (Wildman–Crippen MR) is 112 cm³/mol. The van der Waals surface area contributed by atoms with Crippen molar-refractivity contribution in [3.63, 3.8) is 0 Å². The molecule has 28 heavy (non-hydrogen) atoms. The molecule has 0 bridgehead atoms. The van der Waals surface area contributed by atoms with E-state index in [1.54, 1.807) is 16.4 Å². The standard InChI is InChI=1S/C21H33N3O3S/c1-3-5-12-22(4-2)17-21(25)24-15-11-18-16-19(9-10-20(18)24)28(26,27)23-13-7-6-8-14-23/h9-10,16H,3-8,11-15,17H2,1-2H3. The van der Waals surface area contributed by atoms with Crippen molar-refractivity contribution >= 4 is 21.6 Å². The van der Waals surface area contributed by atoms with Crippen LogP contribution in [0.1, 0.15) is 51.5 Å². The minimum Gasteiger partial charge on any atom is -0.311 e. The van der Waals surface area contributed by atoms with Gasteiger partial charge in [0.15, 0.2) is 0 Å². The molecule has 1 fully saturated rings. The normalized spacial score (nSPS) is 17.9. The first kappa shape index (κ1) is 21.3. The summed E-state index contributed by atoms with van der Waals surface area (Å²) in [5.74, 6) is 0.100. The lowest BCUT2D eigenvalue weighted by Crippen LogP contribution is -2.40. The van der Waals surface area contributed by atoms with Gasteiger partial charge in [-0.05, 0) is 62.5 Å². The summed E-state index contributed by atoms with van der Waals surface area (Å²) in [6.07, 6.45) is 5.88. The lowest BCUT2D eigenvalue weighted by molar-refractivity contribution is -0.119. The van der Waals surface area contributed by atoms with E-state index in [9.17, 15) is 13.2 Å². The minimum atomic E-state index is -3.43. The van der Waals surface area contributed by atoms with E-state index in [-0.39, 0.29) is 5.91 Å². The van der Waals surface area contributed by atoms with Crippen LogP contribution < -0.4 is 4.90 Å². The third-order valence-electron chi connectivity index (χ3n) is 5.83. The summed E-state index contributed by atoms with van der Waals surface area (Å²) in [6.45, 7) is 8.30. The van der Waals surface area contributed by atoms with Gasteiger partial charge in [-0.1, -0.05) is 26.7 Å². The maximum atomic E-state index is 12.9. The first-order chi connectivity index (χ1) is 13.5. The predicted octanol–water partition coefficient (Wildman–Crippen LogP) is 2.87. The van der Waals surface area contributed by atoms with E-state index >= 15 is 0 Å². The van der Waals surface area contributed by atoms with Gasteiger partial charge in [0.05, 0.1) is 11.4 Å². The molecule has 0 radical (unpaired) electrons. The van der Waals surface area contributed by atoms with Crippen LogP contribution in [0.3, 0.4) is 0 Å². The Hall–Kier alpha value is -1.44. The summed E-state index contributed by atoms with van der Waals surface area (Å²) < 4.78 is 27.5. The molecule has 0 atom stereocenters. The highest BCUT2D eigenvalue weighted by molar-refractivity contribution is 7.89. The fourth-order valence-electron chi connectivity index (χ4n) is 4.06. The number of carbonyl (C=O) groups is 1. The number of hydrogen-bond donors (Lipinski definition) is 0. The molecule has 1 amide bonds. The third-order valence-corrected chi connectivity index (χ3v) is 7.73. The maximum Gasteiger partial charge on any atom is 0.243 e. The SMILES string of the molecule is CCCCN(CC)CC(=O)N1CCc2cc(S(=O)(=O)N3CCCCC3)ccc21. The zero-order valence-corrected chi connectivity index (χ0v) is 18.0. The molecule has 0 unspecified atom stereocenters. The molecule has 0 spiro atoms. The lowest BCUT2D eigenvalue weighted by Gasteiger charge is -2.26. The highest BCUT2D eigenvalue weighted by Crippen LogP contribution is 2.32. The van der Waals surface area contributed by atoms with E-state index in [0.717, 1.165) is 56.4 Å². The Kier molecular flexibility index (Phi) is 7.12. The van der Waals surface area contributed by atoms with Gasteiger partial charge in [0.2, 0.25) is 15.9 Å². The van der Waals surface area contributed by atoms with Crippen molar-refractivity contribution in [1.29, 1.82) is 0 Å². The Bertz CT molecular complexity index is 788. The molecule has 2 aliphatic rings. The second kappa shape index (κ2) is 9.37. The number of rotatable bonds is 8. The largest absolute Gasteiger partial charge is 0.311 e. The molecule has 0 N–H and O–H groups in total. The van der Waals surface area contributed by atoms with Gasteiger partial charge in [0.25, 0.3) is 0 Å². The number of sulfonamides is 1. The van der Waals surface area contributed by atoms with Crippen molar-refractivity contribution in [2.75, 3.05) is 44.2 Å². The monoisotopic (exact) mass is 407 g/mol. The number of likely N-dealkylation sites (N-methyl/N-ethyl adjacent to an activating group) is 1. The van der Waals surface area contributed by atoms with Gasteiger partial charge < -0.3 is 4.90 Å². The number of unbranched alkanes of at least 4 members (excludes halogenated alkanes) is 1. The van der Waals surface area contributed by atoms with E-state index in [0.29, 0.717) is 37.5 Å². The lowest BCUT2D eigenvalue weighted by atomic mass is 10.2. The van der Waals surface area contributed by atoms with E-state index in [4.69, 9.17) is 0 Å². The summed E-state index contributed by atoms with van der Waals surface area (Å²) in [6, 6.07) is 5.27. The molecule has 1 aromatic rings. The molecule has 3 rings (SSSR count). The topological polar surface area (TPSA) is 60.9 Å². The van der Waals surface area contributed by atoms with Crippen molar-refractivity contribution in [1.82, 2.24) is 9.21 Å². The average molecular weight is 408 g/mol. The van der Waals surface area contributed by atoms with Gasteiger partial charge in [-0.3, -0.25) is 9.69 Å². The summed E-state index contributed by atoms with van der Waals surface area (Å²) in [7, 11) is -3.43. The van der Waals surface area contributed by atoms with Gasteiger partial charge in [-0.25, -0.2) is 8.42 Å². The van der Waals surface area contributed by atoms with E-state index < -0.39 is 10.0 Å². The first-order valence-corrected chi connectivity index (χ1v) is 12.1. The number of hydrogen-bond acceptors (Lipinski definition) is 4. The average Bonchev–Trinajstić information content (AvgIpc) is 3.15. The van der Waals surface area contributed by atoms with Gasteiger partial charge in [0.1, 0.15) is 0 Å². The molecule has 1 aromatic carbocycles. The Labute approximate surface area is 169 Å². The maximum absolute atomic E-state index is 12.9. The van der Waals surface area contributed by atoms with Crippen LogP contribution in [0, 0.1) is 0 Å². The fraction of sp³-hybridized carbons (Fsp3) is 0.667. The van der Waals surface area contributed by atoms with Crippen molar-refractivity contribution in [2.45, 2.75) is 57.3 Å². The van der Waals surface area contributed by atoms with Crippen LogP contribution in [0.5, 0.6) is 0 Å². The van der Waals surface area contributed by atoms with Crippen molar-refractivity contribution < 1.29 is 13.2 Å². The zero-order valence-electron chi connectivity index (χ0n) is 17.2. The van der Waals surface area contributed by atoms with Gasteiger partial charge in [-0.2, -0.15) is 4.31 Å². The Morgan fingerprint density at radius 2 is 1.86 bits per heavy atom. The third kappa shape index (κ3) is 4.58. The quantitative estimate of drug-likeness (QED) is 0.665. The zero-order chi connectivity index (χ0) is 20.1. The second-order valence-electron chi connectivity index (χ2n) is 7.77. The molecular weight excluding hydrogens is 374 g/mol. The Balaban J connectivity index is 1.73. The summed E-state index contributed by atoms with van der Waals surface area (Å²) >= 11 is 0. The summed E-state index contributed by atoms with van der Waals surface area (Å²) in [4.78, 5) is 17.2. The number of fused-ring (bicyclic) bond motifs is 1. The van der Waals surface area contributed by atoms with Crippen molar-refractivity contribution in [2.24, 2.45) is 0 Å². The number of carbonyl (C=O) groups excluding carboxylic acids is 1. The van der Waals surface area contributed by atoms with Gasteiger partial charge >= 0.3 is 0 Å². The van der Waals surface area contributed by atoms with E-state index in [1.165, 1.54) is 0 Å². The van der Waals surface area contributed by atoms with Gasteiger partial charge in [-0.15, -0.1) is 0 Å². The number of amides is 1. The molecule has 6 nitrogen and oxygen atoms in total. The van der Waals surface area contributed by atoms with Crippen LogP contribution in [-0.2, 0) is 21.2 Å². The van der Waals surface area contributed by atoms with E-state index in [2.05, 4.69) is 18.7 Å². The molecule has 1 saturated heterocycles. The molecule has 2 heterocycles. The molecule has 0 aromatic heterocycles. The fourth-order valence-corrected chi connectivity index (χ4v) is 5.63. The van der Waals surface area contributed by atoms with Crippen LogP contribution in [0.4, 0.5) is 5.69 Å². The van der Waals surface area contributed by atoms with Crippen LogP contribution in [0.25, 0.3) is 0 Å². The Morgan fingerprint density at radius 3 is 2.54 bits per heavy atom. The second-order valence-corrected chi connectivity index (χ2v) is 9.71. The van der Waals surface area contributed by atoms with Crippen LogP contribution in [0.15, 0.2) is 23.1 Å². The first-order valence-electron chi connectivity index (χ1n) is 10.6. The summed E-state index contributed by atoms with van der Waals surface area (Å²) in [5, 5.41) is 0. The van der Waals surface area contributed by atoms with Crippen LogP contribution in [0.2, 0.25) is 0 Å². The van der Waals surface area contributed by atoms with Gasteiger partial charge in [0, 0.05) is 25.3 Å². The number of anilines is 1. The Morgan fingerprint density at radius 1 is 1.11 bits per heavy atom. The molecule has 0 saturated carbocycles. The molecule has 0 aliphatic carbocycles. The molecule has 2 aliphatic heterocycles. The van der Waals surface area contributed by atoms with Crippen molar-refractivity contribution in [3.05, 3.63) is 23.8 Å². The summed E-state index contributed by atoms with van der Waals surface area (Å²) in [5.41, 5.74) is 1.83. The highest BCUT2D eigenvalue weighted by atomic mass is 32.2. The smallest absolute Gasteiger partial charge is 0.243 e. The number of benzene rings is 1.